The molecule has 2 aliphatic heterocycles. The zero-order chi connectivity index (χ0) is 13.2. The minimum Gasteiger partial charge on any atom is -0.327 e. The number of hydrogen-bond donors (Lipinski definition) is 1. The van der Waals surface area contributed by atoms with Gasteiger partial charge >= 0.3 is 0 Å². The third-order valence-corrected chi connectivity index (χ3v) is 5.78. The van der Waals surface area contributed by atoms with Gasteiger partial charge in [0.25, 0.3) is 0 Å². The first-order valence-corrected chi connectivity index (χ1v) is 8.45. The number of likely N-dealkylation sites (tertiary alicyclic amines) is 1. The van der Waals surface area contributed by atoms with Crippen molar-refractivity contribution in [2.24, 2.45) is 5.73 Å². The summed E-state index contributed by atoms with van der Waals surface area (Å²) in [7, 11) is 0. The number of piperidine rings is 1. The Balaban J connectivity index is 1.71. The molecule has 19 heavy (non-hydrogen) atoms. The third-order valence-electron chi connectivity index (χ3n) is 4.52. The predicted molar refractivity (Wildman–Crippen MR) is 82.8 cm³/mol. The van der Waals surface area contributed by atoms with E-state index in [4.69, 9.17) is 5.73 Å². The van der Waals surface area contributed by atoms with Gasteiger partial charge in [-0.15, -0.1) is 11.8 Å². The molecule has 3 heteroatoms. The van der Waals surface area contributed by atoms with Crippen LogP contribution in [0.5, 0.6) is 0 Å². The van der Waals surface area contributed by atoms with Gasteiger partial charge in [0.05, 0.1) is 0 Å². The second-order valence-electron chi connectivity index (χ2n) is 5.96. The molecule has 1 saturated heterocycles. The van der Waals surface area contributed by atoms with Crippen molar-refractivity contribution in [3.05, 3.63) is 29.8 Å². The lowest BCUT2D eigenvalue weighted by atomic mass is 9.93. The molecule has 0 aliphatic carbocycles. The highest BCUT2D eigenvalue weighted by Crippen LogP contribution is 2.40. The molecule has 1 aromatic rings. The molecule has 2 heterocycles. The molecule has 0 saturated carbocycles. The van der Waals surface area contributed by atoms with Crippen LogP contribution in [0.1, 0.15) is 37.7 Å². The van der Waals surface area contributed by atoms with Crippen LogP contribution in [0, 0.1) is 0 Å². The zero-order valence-corrected chi connectivity index (χ0v) is 12.5. The van der Waals surface area contributed by atoms with E-state index in [0.29, 0.717) is 18.0 Å². The molecule has 104 valence electrons. The summed E-state index contributed by atoms with van der Waals surface area (Å²) in [6, 6.07) is 9.79. The second kappa shape index (κ2) is 5.86. The second-order valence-corrected chi connectivity index (χ2v) is 7.02. The van der Waals surface area contributed by atoms with Gasteiger partial charge in [-0.25, -0.2) is 0 Å². The largest absolute Gasteiger partial charge is 0.327 e. The van der Waals surface area contributed by atoms with Crippen LogP contribution in [0.25, 0.3) is 0 Å². The minimum absolute atomic E-state index is 0.296. The van der Waals surface area contributed by atoms with Crippen molar-refractivity contribution in [2.45, 2.75) is 49.1 Å². The average molecular weight is 276 g/mol. The van der Waals surface area contributed by atoms with E-state index in [1.807, 2.05) is 11.8 Å². The van der Waals surface area contributed by atoms with E-state index < -0.39 is 0 Å². The monoisotopic (exact) mass is 276 g/mol. The number of nitrogens with zero attached hydrogens (tertiary/aromatic N) is 1. The molecular formula is C16H24N2S. The Morgan fingerprint density at radius 1 is 1.37 bits per heavy atom. The smallest absolute Gasteiger partial charge is 0.0244 e. The predicted octanol–water partition coefficient (Wildman–Crippen LogP) is 3.08. The SMILES string of the molecule is CC(N)C1CCCCN1CC1CSc2ccccc21. The van der Waals surface area contributed by atoms with Gasteiger partial charge in [-0.05, 0) is 37.9 Å². The van der Waals surface area contributed by atoms with Crippen molar-refractivity contribution in [2.75, 3.05) is 18.8 Å². The Kier molecular flexibility index (Phi) is 4.15. The van der Waals surface area contributed by atoms with E-state index in [9.17, 15) is 0 Å². The van der Waals surface area contributed by atoms with Crippen LogP contribution >= 0.6 is 11.8 Å². The Labute approximate surface area is 120 Å². The molecule has 0 amide bonds. The molecule has 0 radical (unpaired) electrons. The lowest BCUT2D eigenvalue weighted by Gasteiger charge is -2.39. The Morgan fingerprint density at radius 3 is 3.05 bits per heavy atom. The van der Waals surface area contributed by atoms with Crippen LogP contribution < -0.4 is 5.73 Å². The molecule has 0 bridgehead atoms. The van der Waals surface area contributed by atoms with Crippen LogP contribution in [0.15, 0.2) is 29.2 Å². The number of hydrogen-bond acceptors (Lipinski definition) is 3. The molecule has 3 rings (SSSR count). The maximum Gasteiger partial charge on any atom is 0.0244 e. The van der Waals surface area contributed by atoms with Crippen LogP contribution in [0.2, 0.25) is 0 Å². The van der Waals surface area contributed by atoms with E-state index in [1.54, 1.807) is 5.56 Å². The number of benzene rings is 1. The molecule has 0 aromatic heterocycles. The lowest BCUT2D eigenvalue weighted by molar-refractivity contribution is 0.125. The fraction of sp³-hybridized carbons (Fsp3) is 0.625. The van der Waals surface area contributed by atoms with Crippen LogP contribution in [-0.4, -0.2) is 35.8 Å². The van der Waals surface area contributed by atoms with E-state index in [2.05, 4.69) is 36.1 Å². The summed E-state index contributed by atoms with van der Waals surface area (Å²) in [4.78, 5) is 4.14. The topological polar surface area (TPSA) is 29.3 Å². The minimum atomic E-state index is 0.296. The Morgan fingerprint density at radius 2 is 2.21 bits per heavy atom. The van der Waals surface area contributed by atoms with E-state index >= 15 is 0 Å². The molecule has 1 fully saturated rings. The van der Waals surface area contributed by atoms with Gasteiger partial charge in [-0.1, -0.05) is 24.6 Å². The Hall–Kier alpha value is -0.510. The molecule has 2 N–H and O–H groups in total. The molecule has 1 aromatic carbocycles. The highest BCUT2D eigenvalue weighted by Gasteiger charge is 2.30. The van der Waals surface area contributed by atoms with Crippen LogP contribution in [0.3, 0.4) is 0 Å². The highest BCUT2D eigenvalue weighted by atomic mass is 32.2. The zero-order valence-electron chi connectivity index (χ0n) is 11.7. The first-order valence-electron chi connectivity index (χ1n) is 7.47. The summed E-state index contributed by atoms with van der Waals surface area (Å²) < 4.78 is 0. The van der Waals surface area contributed by atoms with Gasteiger partial charge in [0, 0.05) is 35.2 Å². The number of rotatable bonds is 3. The van der Waals surface area contributed by atoms with Crippen LogP contribution in [0.4, 0.5) is 0 Å². The lowest BCUT2D eigenvalue weighted by Crippen LogP contribution is -2.50. The number of thioether (sulfide) groups is 1. The Bertz CT molecular complexity index is 433. The van der Waals surface area contributed by atoms with Gasteiger partial charge in [0.2, 0.25) is 0 Å². The number of fused-ring (bicyclic) bond motifs is 1. The van der Waals surface area contributed by atoms with Gasteiger partial charge < -0.3 is 5.73 Å². The molecule has 3 atom stereocenters. The average Bonchev–Trinajstić information content (AvgIpc) is 2.83. The van der Waals surface area contributed by atoms with Gasteiger partial charge in [-0.2, -0.15) is 0 Å². The van der Waals surface area contributed by atoms with E-state index in [-0.39, 0.29) is 0 Å². The van der Waals surface area contributed by atoms with Gasteiger partial charge in [0.1, 0.15) is 0 Å². The summed E-state index contributed by atoms with van der Waals surface area (Å²) in [5, 5.41) is 0. The normalized spacial score (nSPS) is 29.2. The van der Waals surface area contributed by atoms with Crippen LogP contribution in [-0.2, 0) is 0 Å². The third kappa shape index (κ3) is 2.83. The molecule has 2 nitrogen and oxygen atoms in total. The van der Waals surface area contributed by atoms with E-state index in [0.717, 1.165) is 0 Å². The molecule has 0 spiro atoms. The number of nitrogens with two attached hydrogens (primary N) is 1. The molecule has 2 aliphatic rings. The fourth-order valence-corrected chi connectivity index (χ4v) is 4.74. The van der Waals surface area contributed by atoms with Crippen molar-refractivity contribution >= 4 is 11.8 Å². The summed E-state index contributed by atoms with van der Waals surface area (Å²) in [6.07, 6.45) is 3.96. The molecular weight excluding hydrogens is 252 g/mol. The fourth-order valence-electron chi connectivity index (χ4n) is 3.50. The van der Waals surface area contributed by atoms with Crippen molar-refractivity contribution in [1.29, 1.82) is 0 Å². The highest BCUT2D eigenvalue weighted by molar-refractivity contribution is 7.99. The molecule has 3 unspecified atom stereocenters. The first kappa shape index (κ1) is 13.5. The maximum atomic E-state index is 6.18. The van der Waals surface area contributed by atoms with Crippen molar-refractivity contribution in [3.63, 3.8) is 0 Å². The van der Waals surface area contributed by atoms with Crippen molar-refractivity contribution < 1.29 is 0 Å². The standard InChI is InChI=1S/C16H24N2S/c1-12(17)15-7-4-5-9-18(15)10-13-11-19-16-8-3-2-6-14(13)16/h2-3,6,8,12-13,15H,4-5,7,9-11,17H2,1H3. The summed E-state index contributed by atoms with van der Waals surface area (Å²) in [6.45, 7) is 4.59. The summed E-state index contributed by atoms with van der Waals surface area (Å²) >= 11 is 2.02. The quantitative estimate of drug-likeness (QED) is 0.920. The summed E-state index contributed by atoms with van der Waals surface area (Å²) in [5.41, 5.74) is 7.74. The maximum absolute atomic E-state index is 6.18. The van der Waals surface area contributed by atoms with Crippen molar-refractivity contribution in [1.82, 2.24) is 4.90 Å². The van der Waals surface area contributed by atoms with E-state index in [1.165, 1.54) is 43.0 Å². The van der Waals surface area contributed by atoms with Gasteiger partial charge in [0.15, 0.2) is 0 Å². The summed E-state index contributed by atoms with van der Waals surface area (Å²) in [5.74, 6) is 1.93. The van der Waals surface area contributed by atoms with Gasteiger partial charge in [-0.3, -0.25) is 4.90 Å². The first-order chi connectivity index (χ1) is 9.25. The van der Waals surface area contributed by atoms with Crippen molar-refractivity contribution in [3.8, 4) is 0 Å².